The SMILES string of the molecule is COc1cc(C=NO)cc(Cl)c1OCCOc1cc(C)ccc1C(C)(C)C. The highest BCUT2D eigenvalue weighted by Crippen LogP contribution is 2.36. The summed E-state index contributed by atoms with van der Waals surface area (Å²) < 4.78 is 17.1. The average molecular weight is 392 g/mol. The van der Waals surface area contributed by atoms with Gasteiger partial charge in [0.15, 0.2) is 11.5 Å². The first-order valence-electron chi connectivity index (χ1n) is 8.68. The van der Waals surface area contributed by atoms with E-state index in [0.29, 0.717) is 35.3 Å². The Morgan fingerprint density at radius 2 is 1.78 bits per heavy atom. The number of hydrogen-bond acceptors (Lipinski definition) is 5. The Kier molecular flexibility index (Phi) is 6.97. The Hall–Kier alpha value is -2.40. The van der Waals surface area contributed by atoms with Gasteiger partial charge in [0.1, 0.15) is 19.0 Å². The van der Waals surface area contributed by atoms with Crippen LogP contribution in [0.5, 0.6) is 17.2 Å². The molecule has 5 nitrogen and oxygen atoms in total. The van der Waals surface area contributed by atoms with Crippen molar-refractivity contribution in [1.29, 1.82) is 0 Å². The lowest BCUT2D eigenvalue weighted by atomic mass is 9.86. The first-order valence-corrected chi connectivity index (χ1v) is 9.05. The van der Waals surface area contributed by atoms with Crippen LogP contribution in [0.15, 0.2) is 35.5 Å². The molecule has 0 amide bonds. The number of hydrogen-bond donors (Lipinski definition) is 1. The number of nitrogens with zero attached hydrogens (tertiary/aromatic N) is 1. The predicted molar refractivity (Wildman–Crippen MR) is 108 cm³/mol. The molecular formula is C21H26ClNO4. The molecule has 0 aliphatic heterocycles. The van der Waals surface area contributed by atoms with E-state index in [9.17, 15) is 0 Å². The molecule has 1 N–H and O–H groups in total. The van der Waals surface area contributed by atoms with Gasteiger partial charge >= 0.3 is 0 Å². The lowest BCUT2D eigenvalue weighted by Gasteiger charge is -2.23. The molecular weight excluding hydrogens is 366 g/mol. The Bertz CT molecular complexity index is 813. The second-order valence-electron chi connectivity index (χ2n) is 7.23. The van der Waals surface area contributed by atoms with Crippen molar-refractivity contribution in [2.24, 2.45) is 5.16 Å². The van der Waals surface area contributed by atoms with Crippen molar-refractivity contribution in [3.05, 3.63) is 52.0 Å². The minimum atomic E-state index is -0.0134. The number of halogens is 1. The molecule has 0 saturated carbocycles. The number of ether oxygens (including phenoxy) is 3. The Balaban J connectivity index is 2.07. The molecule has 0 heterocycles. The number of rotatable bonds is 7. The number of oxime groups is 1. The van der Waals surface area contributed by atoms with E-state index in [4.69, 9.17) is 31.0 Å². The maximum absolute atomic E-state index is 8.66. The van der Waals surface area contributed by atoms with E-state index in [2.05, 4.69) is 38.1 Å². The lowest BCUT2D eigenvalue weighted by Crippen LogP contribution is -2.16. The van der Waals surface area contributed by atoms with Gasteiger partial charge in [-0.25, -0.2) is 0 Å². The quantitative estimate of drug-likeness (QED) is 0.304. The molecule has 0 saturated heterocycles. The van der Waals surface area contributed by atoms with Crippen molar-refractivity contribution >= 4 is 17.8 Å². The molecule has 0 aromatic heterocycles. The molecule has 0 spiro atoms. The molecule has 27 heavy (non-hydrogen) atoms. The normalized spacial score (nSPS) is 11.6. The smallest absolute Gasteiger partial charge is 0.179 e. The zero-order valence-corrected chi connectivity index (χ0v) is 17.1. The average Bonchev–Trinajstić information content (AvgIpc) is 2.59. The van der Waals surface area contributed by atoms with Gasteiger partial charge < -0.3 is 19.4 Å². The van der Waals surface area contributed by atoms with E-state index >= 15 is 0 Å². The third kappa shape index (κ3) is 5.54. The van der Waals surface area contributed by atoms with Gasteiger partial charge in [0.2, 0.25) is 0 Å². The summed E-state index contributed by atoms with van der Waals surface area (Å²) in [5.41, 5.74) is 2.89. The van der Waals surface area contributed by atoms with E-state index in [0.717, 1.165) is 16.9 Å². The van der Waals surface area contributed by atoms with Crippen LogP contribution in [0, 0.1) is 6.92 Å². The van der Waals surface area contributed by atoms with Crippen molar-refractivity contribution in [3.8, 4) is 17.2 Å². The highest BCUT2D eigenvalue weighted by molar-refractivity contribution is 6.32. The summed E-state index contributed by atoms with van der Waals surface area (Å²) in [6.07, 6.45) is 1.27. The zero-order chi connectivity index (χ0) is 20.0. The molecule has 2 rings (SSSR count). The molecule has 2 aromatic rings. The van der Waals surface area contributed by atoms with Crippen LogP contribution in [-0.2, 0) is 5.41 Å². The molecule has 0 aliphatic carbocycles. The van der Waals surface area contributed by atoms with Crippen molar-refractivity contribution < 1.29 is 19.4 Å². The minimum Gasteiger partial charge on any atom is -0.493 e. The van der Waals surface area contributed by atoms with Crippen molar-refractivity contribution in [2.45, 2.75) is 33.1 Å². The monoisotopic (exact) mass is 391 g/mol. The molecule has 146 valence electrons. The molecule has 2 aromatic carbocycles. The topological polar surface area (TPSA) is 60.3 Å². The van der Waals surface area contributed by atoms with Crippen LogP contribution in [0.1, 0.15) is 37.5 Å². The Morgan fingerprint density at radius 1 is 1.07 bits per heavy atom. The molecule has 0 fully saturated rings. The predicted octanol–water partition coefficient (Wildman–Crippen LogP) is 5.22. The highest BCUT2D eigenvalue weighted by atomic mass is 35.5. The van der Waals surface area contributed by atoms with Crippen LogP contribution < -0.4 is 14.2 Å². The fourth-order valence-electron chi connectivity index (χ4n) is 2.68. The van der Waals surface area contributed by atoms with Gasteiger partial charge in [-0.3, -0.25) is 0 Å². The summed E-state index contributed by atoms with van der Waals surface area (Å²) in [5, 5.41) is 12.0. The summed E-state index contributed by atoms with van der Waals surface area (Å²) in [4.78, 5) is 0. The summed E-state index contributed by atoms with van der Waals surface area (Å²) >= 11 is 6.26. The molecule has 6 heteroatoms. The van der Waals surface area contributed by atoms with Gasteiger partial charge in [0.25, 0.3) is 0 Å². The van der Waals surface area contributed by atoms with E-state index in [1.165, 1.54) is 13.3 Å². The molecule has 0 radical (unpaired) electrons. The largest absolute Gasteiger partial charge is 0.493 e. The molecule has 0 aliphatic rings. The van der Waals surface area contributed by atoms with Crippen LogP contribution in [-0.4, -0.2) is 31.7 Å². The Labute approximate surface area is 165 Å². The van der Waals surface area contributed by atoms with E-state index in [1.807, 2.05) is 13.0 Å². The number of benzene rings is 2. The van der Waals surface area contributed by atoms with Gasteiger partial charge in [-0.15, -0.1) is 0 Å². The molecule has 0 unspecified atom stereocenters. The number of aryl methyl sites for hydroxylation is 1. The van der Waals surface area contributed by atoms with E-state index in [-0.39, 0.29) is 5.41 Å². The van der Waals surface area contributed by atoms with Crippen molar-refractivity contribution in [2.75, 3.05) is 20.3 Å². The summed E-state index contributed by atoms with van der Waals surface area (Å²) in [5.74, 6) is 1.75. The van der Waals surface area contributed by atoms with Crippen LogP contribution in [0.25, 0.3) is 0 Å². The van der Waals surface area contributed by atoms with Gasteiger partial charge in [0, 0.05) is 5.56 Å². The maximum atomic E-state index is 8.66. The first kappa shape index (κ1) is 20.9. The highest BCUT2D eigenvalue weighted by Gasteiger charge is 2.19. The van der Waals surface area contributed by atoms with Gasteiger partial charge in [-0.05, 0) is 41.7 Å². The summed E-state index contributed by atoms with van der Waals surface area (Å²) in [7, 11) is 1.53. The fraction of sp³-hybridized carbons (Fsp3) is 0.381. The zero-order valence-electron chi connectivity index (χ0n) is 16.4. The van der Waals surface area contributed by atoms with Crippen LogP contribution in [0.4, 0.5) is 0 Å². The lowest BCUT2D eigenvalue weighted by molar-refractivity contribution is 0.209. The standard InChI is InChI=1S/C21H26ClNO4/c1-14-6-7-16(21(2,3)4)18(10-14)26-8-9-27-20-17(22)11-15(13-23-24)12-19(20)25-5/h6-7,10-13,24H,8-9H2,1-5H3. The summed E-state index contributed by atoms with van der Waals surface area (Å²) in [6, 6.07) is 9.55. The maximum Gasteiger partial charge on any atom is 0.179 e. The van der Waals surface area contributed by atoms with Gasteiger partial charge in [-0.1, -0.05) is 49.7 Å². The van der Waals surface area contributed by atoms with Crippen molar-refractivity contribution in [3.63, 3.8) is 0 Å². The second kappa shape index (κ2) is 9.00. The third-order valence-electron chi connectivity index (χ3n) is 3.99. The van der Waals surface area contributed by atoms with E-state index in [1.54, 1.807) is 12.1 Å². The Morgan fingerprint density at radius 3 is 2.41 bits per heavy atom. The van der Waals surface area contributed by atoms with Crippen LogP contribution in [0.2, 0.25) is 5.02 Å². The minimum absolute atomic E-state index is 0.0134. The first-order chi connectivity index (χ1) is 12.8. The molecule has 0 atom stereocenters. The second-order valence-corrected chi connectivity index (χ2v) is 7.63. The van der Waals surface area contributed by atoms with Crippen molar-refractivity contribution in [1.82, 2.24) is 0 Å². The molecule has 0 bridgehead atoms. The summed E-state index contributed by atoms with van der Waals surface area (Å²) in [6.45, 7) is 9.18. The van der Waals surface area contributed by atoms with Gasteiger partial charge in [0.05, 0.1) is 18.3 Å². The van der Waals surface area contributed by atoms with Gasteiger partial charge in [-0.2, -0.15) is 0 Å². The fourth-order valence-corrected chi connectivity index (χ4v) is 2.96. The van der Waals surface area contributed by atoms with Crippen LogP contribution in [0.3, 0.4) is 0 Å². The number of methoxy groups -OCH3 is 1. The third-order valence-corrected chi connectivity index (χ3v) is 4.27. The van der Waals surface area contributed by atoms with Crippen LogP contribution >= 0.6 is 11.6 Å². The van der Waals surface area contributed by atoms with E-state index < -0.39 is 0 Å².